The monoisotopic (exact) mass is 201 g/mol. The third-order valence-electron chi connectivity index (χ3n) is 2.15. The van der Waals surface area contributed by atoms with E-state index in [0.29, 0.717) is 17.3 Å². The van der Waals surface area contributed by atoms with E-state index in [-0.39, 0.29) is 0 Å². The van der Waals surface area contributed by atoms with E-state index in [1.807, 2.05) is 11.8 Å². The van der Waals surface area contributed by atoms with Crippen LogP contribution in [0.1, 0.15) is 26.2 Å². The Kier molecular flexibility index (Phi) is 4.42. The van der Waals surface area contributed by atoms with Crippen molar-refractivity contribution in [2.24, 2.45) is 10.7 Å². The lowest BCUT2D eigenvalue weighted by atomic mass is 10.3. The summed E-state index contributed by atoms with van der Waals surface area (Å²) in [6, 6.07) is 0.613. The van der Waals surface area contributed by atoms with Crippen molar-refractivity contribution in [3.63, 3.8) is 0 Å². The minimum atomic E-state index is 0.613. The molecule has 0 aromatic heterocycles. The van der Waals surface area contributed by atoms with E-state index < -0.39 is 0 Å². The fourth-order valence-corrected chi connectivity index (χ4v) is 1.31. The molecule has 0 aromatic carbocycles. The lowest BCUT2D eigenvalue weighted by Gasteiger charge is -2.06. The van der Waals surface area contributed by atoms with Crippen molar-refractivity contribution in [3.05, 3.63) is 0 Å². The largest absolute Gasteiger partial charge is 0.370 e. The minimum Gasteiger partial charge on any atom is -0.370 e. The number of hydrogen-bond acceptors (Lipinski definition) is 2. The lowest BCUT2D eigenvalue weighted by molar-refractivity contribution is 0.807. The van der Waals surface area contributed by atoms with Gasteiger partial charge in [0.25, 0.3) is 0 Å². The summed E-state index contributed by atoms with van der Waals surface area (Å²) in [5, 5.41) is 3.84. The summed E-state index contributed by atoms with van der Waals surface area (Å²) in [4.78, 5) is 4.26. The van der Waals surface area contributed by atoms with Gasteiger partial charge >= 0.3 is 0 Å². The van der Waals surface area contributed by atoms with Crippen molar-refractivity contribution in [3.8, 4) is 0 Å². The summed E-state index contributed by atoms with van der Waals surface area (Å²) in [5.74, 6) is 0.621. The molecule has 3 N–H and O–H groups in total. The van der Waals surface area contributed by atoms with Crippen molar-refractivity contribution in [2.45, 2.75) is 37.5 Å². The molecule has 0 bridgehead atoms. The van der Waals surface area contributed by atoms with Crippen LogP contribution in [0.5, 0.6) is 0 Å². The van der Waals surface area contributed by atoms with E-state index in [9.17, 15) is 0 Å². The second-order valence-corrected chi connectivity index (χ2v) is 4.80. The Bertz CT molecular complexity index is 178. The van der Waals surface area contributed by atoms with Gasteiger partial charge in [-0.3, -0.25) is 4.99 Å². The molecule has 1 saturated carbocycles. The van der Waals surface area contributed by atoms with E-state index in [1.165, 1.54) is 12.8 Å². The van der Waals surface area contributed by atoms with Gasteiger partial charge in [-0.15, -0.1) is 0 Å². The smallest absolute Gasteiger partial charge is 0.188 e. The van der Waals surface area contributed by atoms with Crippen LogP contribution >= 0.6 is 11.8 Å². The maximum Gasteiger partial charge on any atom is 0.188 e. The Balaban J connectivity index is 2.06. The highest BCUT2D eigenvalue weighted by atomic mass is 32.2. The molecular weight excluding hydrogens is 182 g/mol. The highest BCUT2D eigenvalue weighted by Crippen LogP contribution is 2.18. The molecule has 1 rings (SSSR count). The number of nitrogens with two attached hydrogens (primary N) is 1. The van der Waals surface area contributed by atoms with Gasteiger partial charge < -0.3 is 11.1 Å². The normalized spacial score (nSPS) is 20.0. The van der Waals surface area contributed by atoms with E-state index in [0.717, 1.165) is 13.0 Å². The first-order valence-electron chi connectivity index (χ1n) is 4.81. The molecule has 13 heavy (non-hydrogen) atoms. The predicted molar refractivity (Wildman–Crippen MR) is 60.2 cm³/mol. The van der Waals surface area contributed by atoms with Crippen molar-refractivity contribution in [1.82, 2.24) is 5.32 Å². The summed E-state index contributed by atoms with van der Waals surface area (Å²) in [6.07, 6.45) is 5.73. The van der Waals surface area contributed by atoms with E-state index >= 15 is 0 Å². The standard InChI is InChI=1S/C9H19N3S/c1-7(13-2)5-6-11-9(10)12-8-3-4-8/h7-8H,3-6H2,1-2H3,(H3,10,11,12). The zero-order valence-electron chi connectivity index (χ0n) is 8.42. The highest BCUT2D eigenvalue weighted by molar-refractivity contribution is 7.99. The van der Waals surface area contributed by atoms with Crippen LogP contribution in [0.2, 0.25) is 0 Å². The van der Waals surface area contributed by atoms with Gasteiger partial charge in [0.05, 0.1) is 0 Å². The van der Waals surface area contributed by atoms with Gasteiger partial charge in [-0.25, -0.2) is 0 Å². The molecule has 0 spiro atoms. The third-order valence-corrected chi connectivity index (χ3v) is 3.19. The first kappa shape index (κ1) is 10.7. The predicted octanol–water partition coefficient (Wildman–Crippen LogP) is 1.19. The summed E-state index contributed by atoms with van der Waals surface area (Å²) in [5.41, 5.74) is 5.67. The fourth-order valence-electron chi connectivity index (χ4n) is 0.967. The number of thioether (sulfide) groups is 1. The lowest BCUT2D eigenvalue weighted by Crippen LogP contribution is -2.33. The van der Waals surface area contributed by atoms with Gasteiger partial charge in [-0.1, -0.05) is 6.92 Å². The first-order valence-corrected chi connectivity index (χ1v) is 6.10. The fraction of sp³-hybridized carbons (Fsp3) is 0.889. The van der Waals surface area contributed by atoms with Crippen LogP contribution in [0.3, 0.4) is 0 Å². The molecule has 3 nitrogen and oxygen atoms in total. The maximum absolute atomic E-state index is 5.67. The molecule has 76 valence electrons. The maximum atomic E-state index is 5.67. The van der Waals surface area contributed by atoms with Crippen molar-refractivity contribution < 1.29 is 0 Å². The second-order valence-electron chi connectivity index (χ2n) is 3.52. The molecule has 1 unspecified atom stereocenters. The number of guanidine groups is 1. The van der Waals surface area contributed by atoms with Crippen molar-refractivity contribution in [2.75, 3.05) is 12.8 Å². The average molecular weight is 201 g/mol. The number of nitrogens with one attached hydrogen (secondary N) is 1. The Hall–Kier alpha value is -0.380. The summed E-state index contributed by atoms with van der Waals surface area (Å²) in [6.45, 7) is 3.05. The number of hydrogen-bond donors (Lipinski definition) is 2. The van der Waals surface area contributed by atoms with Crippen LogP contribution in [-0.2, 0) is 0 Å². The van der Waals surface area contributed by atoms with Crippen LogP contribution in [0.15, 0.2) is 4.99 Å². The molecule has 0 amide bonds. The Morgan fingerprint density at radius 1 is 1.69 bits per heavy atom. The van der Waals surface area contributed by atoms with Crippen LogP contribution in [0.25, 0.3) is 0 Å². The average Bonchev–Trinajstić information content (AvgIpc) is 2.88. The highest BCUT2D eigenvalue weighted by Gasteiger charge is 2.21. The van der Waals surface area contributed by atoms with Gasteiger partial charge in [0.2, 0.25) is 0 Å². The Morgan fingerprint density at radius 3 is 2.92 bits per heavy atom. The molecule has 0 aromatic rings. The molecule has 1 fully saturated rings. The van der Waals surface area contributed by atoms with E-state index in [1.54, 1.807) is 0 Å². The summed E-state index contributed by atoms with van der Waals surface area (Å²) >= 11 is 1.87. The molecule has 0 aliphatic heterocycles. The van der Waals surface area contributed by atoms with Gasteiger partial charge in [0, 0.05) is 17.8 Å². The molecule has 0 saturated heterocycles. The van der Waals surface area contributed by atoms with Crippen molar-refractivity contribution >= 4 is 17.7 Å². The topological polar surface area (TPSA) is 50.4 Å². The van der Waals surface area contributed by atoms with Crippen LogP contribution < -0.4 is 11.1 Å². The Labute approximate surface area is 84.6 Å². The van der Waals surface area contributed by atoms with Gasteiger partial charge in [-0.05, 0) is 25.5 Å². The number of rotatable bonds is 5. The van der Waals surface area contributed by atoms with Crippen molar-refractivity contribution in [1.29, 1.82) is 0 Å². The summed E-state index contributed by atoms with van der Waals surface area (Å²) in [7, 11) is 0. The quantitative estimate of drug-likeness (QED) is 0.519. The molecule has 1 aliphatic rings. The SMILES string of the molecule is CSC(C)CCN=C(N)NC1CC1. The number of aliphatic imine (C=N–C) groups is 1. The van der Waals surface area contributed by atoms with Gasteiger partial charge in [0.15, 0.2) is 5.96 Å². The first-order chi connectivity index (χ1) is 6.22. The minimum absolute atomic E-state index is 0.613. The second kappa shape index (κ2) is 5.37. The zero-order valence-corrected chi connectivity index (χ0v) is 9.23. The van der Waals surface area contributed by atoms with Gasteiger partial charge in [-0.2, -0.15) is 11.8 Å². The Morgan fingerprint density at radius 2 is 2.38 bits per heavy atom. The molecule has 1 aliphatic carbocycles. The third kappa shape index (κ3) is 5.03. The molecule has 0 radical (unpaired) electrons. The molecule has 0 heterocycles. The molecule has 4 heteroatoms. The number of nitrogens with zero attached hydrogens (tertiary/aromatic N) is 1. The van der Waals surface area contributed by atoms with E-state index in [4.69, 9.17) is 5.73 Å². The van der Waals surface area contributed by atoms with Crippen LogP contribution in [0, 0.1) is 0 Å². The molecule has 1 atom stereocenters. The summed E-state index contributed by atoms with van der Waals surface area (Å²) < 4.78 is 0. The molecular formula is C9H19N3S. The van der Waals surface area contributed by atoms with Crippen LogP contribution in [-0.4, -0.2) is 30.1 Å². The zero-order chi connectivity index (χ0) is 9.68. The van der Waals surface area contributed by atoms with E-state index in [2.05, 4.69) is 23.5 Å². The van der Waals surface area contributed by atoms with Crippen LogP contribution in [0.4, 0.5) is 0 Å². The van der Waals surface area contributed by atoms with Gasteiger partial charge in [0.1, 0.15) is 0 Å².